The first-order chi connectivity index (χ1) is 9.62. The number of hydrogen-bond acceptors (Lipinski definition) is 2. The summed E-state index contributed by atoms with van der Waals surface area (Å²) in [6.07, 6.45) is 5.15. The lowest BCUT2D eigenvalue weighted by Crippen LogP contribution is -2.45. The highest BCUT2D eigenvalue weighted by molar-refractivity contribution is 14.0. The minimum absolute atomic E-state index is 0. The molecule has 1 rings (SSSR count). The fourth-order valence-electron chi connectivity index (χ4n) is 2.34. The van der Waals surface area contributed by atoms with Gasteiger partial charge in [0.15, 0.2) is 5.96 Å². The number of nitrogens with zero attached hydrogens (tertiary/aromatic N) is 2. The summed E-state index contributed by atoms with van der Waals surface area (Å²) in [6.45, 7) is 11.7. The molecule has 0 heterocycles. The molecule has 0 bridgehead atoms. The number of nitrogens with one attached hydrogen (secondary N) is 2. The Bertz CT molecular complexity index is 288. The summed E-state index contributed by atoms with van der Waals surface area (Å²) in [4.78, 5) is 7.21. The molecule has 0 saturated heterocycles. The number of aliphatic imine (C=N–C) groups is 1. The van der Waals surface area contributed by atoms with Crippen molar-refractivity contribution >= 4 is 29.9 Å². The van der Waals surface area contributed by atoms with E-state index in [-0.39, 0.29) is 24.0 Å². The zero-order valence-corrected chi connectivity index (χ0v) is 16.8. The van der Waals surface area contributed by atoms with Gasteiger partial charge in [-0.3, -0.25) is 9.89 Å². The third kappa shape index (κ3) is 8.24. The standard InChI is InChI=1S/C16H34N4.HI/c1-6-14(7-2)12-19-16(17-8-3)18-11-13(4)20(5)15-9-10-15;/h13-15H,6-12H2,1-5H3,(H2,17,18,19);1H. The van der Waals surface area contributed by atoms with Gasteiger partial charge in [0.25, 0.3) is 0 Å². The fourth-order valence-corrected chi connectivity index (χ4v) is 2.34. The normalized spacial score (nSPS) is 16.8. The van der Waals surface area contributed by atoms with Gasteiger partial charge in [-0.25, -0.2) is 0 Å². The Labute approximate surface area is 148 Å². The molecule has 1 unspecified atom stereocenters. The molecule has 0 aromatic heterocycles. The summed E-state index contributed by atoms with van der Waals surface area (Å²) in [7, 11) is 2.23. The minimum Gasteiger partial charge on any atom is -0.357 e. The van der Waals surface area contributed by atoms with Crippen LogP contribution < -0.4 is 10.6 Å². The molecule has 1 aliphatic rings. The Hall–Kier alpha value is -0.0400. The highest BCUT2D eigenvalue weighted by atomic mass is 127. The highest BCUT2D eigenvalue weighted by Crippen LogP contribution is 2.26. The molecule has 2 N–H and O–H groups in total. The molecule has 0 aromatic carbocycles. The van der Waals surface area contributed by atoms with Crippen molar-refractivity contribution in [1.29, 1.82) is 0 Å². The Morgan fingerprint density at radius 3 is 2.29 bits per heavy atom. The van der Waals surface area contributed by atoms with E-state index in [9.17, 15) is 0 Å². The summed E-state index contributed by atoms with van der Waals surface area (Å²) in [6, 6.07) is 1.37. The zero-order chi connectivity index (χ0) is 15.0. The molecule has 1 fully saturated rings. The van der Waals surface area contributed by atoms with Crippen molar-refractivity contribution in [2.45, 2.75) is 65.5 Å². The Morgan fingerprint density at radius 2 is 1.81 bits per heavy atom. The fraction of sp³-hybridized carbons (Fsp3) is 0.938. The summed E-state index contributed by atoms with van der Waals surface area (Å²) in [5.41, 5.74) is 0. The maximum atomic E-state index is 4.72. The molecule has 4 nitrogen and oxygen atoms in total. The first-order valence-electron chi connectivity index (χ1n) is 8.36. The van der Waals surface area contributed by atoms with E-state index >= 15 is 0 Å². The lowest BCUT2D eigenvalue weighted by molar-refractivity contribution is 0.247. The van der Waals surface area contributed by atoms with Crippen LogP contribution in [0.3, 0.4) is 0 Å². The van der Waals surface area contributed by atoms with Crippen LogP contribution in [-0.4, -0.2) is 49.6 Å². The van der Waals surface area contributed by atoms with Crippen LogP contribution in [0.25, 0.3) is 0 Å². The van der Waals surface area contributed by atoms with Crippen molar-refractivity contribution in [1.82, 2.24) is 15.5 Å². The van der Waals surface area contributed by atoms with Crippen molar-refractivity contribution in [2.75, 3.05) is 26.7 Å². The van der Waals surface area contributed by atoms with Crippen molar-refractivity contribution in [3.05, 3.63) is 0 Å². The molecule has 126 valence electrons. The van der Waals surface area contributed by atoms with Crippen molar-refractivity contribution in [3.8, 4) is 0 Å². The SMILES string of the molecule is CCNC(=NCC(CC)CC)NCC(C)N(C)C1CC1.I. The van der Waals surface area contributed by atoms with Gasteiger partial charge < -0.3 is 10.6 Å². The topological polar surface area (TPSA) is 39.7 Å². The van der Waals surface area contributed by atoms with Crippen LogP contribution in [0.4, 0.5) is 0 Å². The van der Waals surface area contributed by atoms with E-state index in [0.717, 1.165) is 31.6 Å². The van der Waals surface area contributed by atoms with Crippen LogP contribution >= 0.6 is 24.0 Å². The number of hydrogen-bond donors (Lipinski definition) is 2. The summed E-state index contributed by atoms with van der Waals surface area (Å²) < 4.78 is 0. The molecular weight excluding hydrogens is 375 g/mol. The van der Waals surface area contributed by atoms with Gasteiger partial charge in [-0.2, -0.15) is 0 Å². The lowest BCUT2D eigenvalue weighted by Gasteiger charge is -2.25. The summed E-state index contributed by atoms with van der Waals surface area (Å²) in [5, 5.41) is 6.83. The predicted octanol–water partition coefficient (Wildman–Crippen LogP) is 3.08. The van der Waals surface area contributed by atoms with Crippen molar-refractivity contribution in [3.63, 3.8) is 0 Å². The number of rotatable bonds is 9. The second kappa shape index (κ2) is 11.5. The van der Waals surface area contributed by atoms with Gasteiger partial charge >= 0.3 is 0 Å². The molecule has 21 heavy (non-hydrogen) atoms. The number of halogens is 1. The van der Waals surface area contributed by atoms with Gasteiger partial charge in [0.2, 0.25) is 0 Å². The first kappa shape index (κ1) is 21.0. The zero-order valence-electron chi connectivity index (χ0n) is 14.5. The average Bonchev–Trinajstić information content (AvgIpc) is 3.29. The largest absolute Gasteiger partial charge is 0.357 e. The van der Waals surface area contributed by atoms with Crippen LogP contribution in [0.5, 0.6) is 0 Å². The number of likely N-dealkylation sites (N-methyl/N-ethyl adjacent to an activating group) is 1. The first-order valence-corrected chi connectivity index (χ1v) is 8.36. The van der Waals surface area contributed by atoms with Crippen LogP contribution in [0.15, 0.2) is 4.99 Å². The summed E-state index contributed by atoms with van der Waals surface area (Å²) in [5.74, 6) is 1.67. The van der Waals surface area contributed by atoms with E-state index in [0.29, 0.717) is 12.0 Å². The van der Waals surface area contributed by atoms with E-state index in [1.165, 1.54) is 25.7 Å². The molecule has 0 aliphatic heterocycles. The maximum Gasteiger partial charge on any atom is 0.191 e. The summed E-state index contributed by atoms with van der Waals surface area (Å²) >= 11 is 0. The van der Waals surface area contributed by atoms with Crippen LogP contribution in [0.1, 0.15) is 53.4 Å². The van der Waals surface area contributed by atoms with Crippen molar-refractivity contribution < 1.29 is 0 Å². The predicted molar refractivity (Wildman–Crippen MR) is 104 cm³/mol. The maximum absolute atomic E-state index is 4.72. The average molecular weight is 410 g/mol. The minimum atomic E-state index is 0. The molecule has 1 aliphatic carbocycles. The van der Waals surface area contributed by atoms with Gasteiger partial charge in [0, 0.05) is 31.7 Å². The van der Waals surface area contributed by atoms with Gasteiger partial charge in [-0.15, -0.1) is 24.0 Å². The van der Waals surface area contributed by atoms with E-state index in [4.69, 9.17) is 4.99 Å². The molecule has 5 heteroatoms. The van der Waals surface area contributed by atoms with E-state index in [2.05, 4.69) is 50.3 Å². The smallest absolute Gasteiger partial charge is 0.191 e. The monoisotopic (exact) mass is 410 g/mol. The molecule has 0 aromatic rings. The molecule has 0 amide bonds. The van der Waals surface area contributed by atoms with E-state index in [1.54, 1.807) is 0 Å². The molecular formula is C16H35IN4. The third-order valence-electron chi connectivity index (χ3n) is 4.39. The van der Waals surface area contributed by atoms with Gasteiger partial charge in [-0.1, -0.05) is 26.7 Å². The third-order valence-corrected chi connectivity index (χ3v) is 4.39. The van der Waals surface area contributed by atoms with Gasteiger partial charge in [0.1, 0.15) is 0 Å². The van der Waals surface area contributed by atoms with Crippen molar-refractivity contribution in [2.24, 2.45) is 10.9 Å². The molecule has 0 radical (unpaired) electrons. The molecule has 0 spiro atoms. The second-order valence-electron chi connectivity index (χ2n) is 6.03. The van der Waals surface area contributed by atoms with Gasteiger partial charge in [0.05, 0.1) is 0 Å². The lowest BCUT2D eigenvalue weighted by atomic mass is 10.0. The van der Waals surface area contributed by atoms with Crippen LogP contribution in [0.2, 0.25) is 0 Å². The highest BCUT2D eigenvalue weighted by Gasteiger charge is 2.28. The Kier molecular flexibility index (Phi) is 11.5. The van der Waals surface area contributed by atoms with Crippen LogP contribution in [0, 0.1) is 5.92 Å². The quantitative estimate of drug-likeness (QED) is 0.349. The number of guanidine groups is 1. The Balaban J connectivity index is 0.00000400. The van der Waals surface area contributed by atoms with E-state index < -0.39 is 0 Å². The van der Waals surface area contributed by atoms with Gasteiger partial charge in [-0.05, 0) is 39.7 Å². The molecule has 1 atom stereocenters. The molecule has 1 saturated carbocycles. The van der Waals surface area contributed by atoms with E-state index in [1.807, 2.05) is 0 Å². The second-order valence-corrected chi connectivity index (χ2v) is 6.03. The van der Waals surface area contributed by atoms with Crippen LogP contribution in [-0.2, 0) is 0 Å². The Morgan fingerprint density at radius 1 is 1.19 bits per heavy atom.